The van der Waals surface area contributed by atoms with Crippen LogP contribution >= 0.6 is 7.82 Å². The maximum Gasteiger partial charge on any atom is 0.472 e. The second kappa shape index (κ2) is 40.9. The van der Waals surface area contributed by atoms with E-state index in [-0.39, 0.29) is 19.4 Å². The zero-order chi connectivity index (χ0) is 42.8. The number of rotatable bonds is 41. The van der Waals surface area contributed by atoms with Gasteiger partial charge in [-0.15, -0.1) is 0 Å². The van der Waals surface area contributed by atoms with Crippen LogP contribution in [0.5, 0.6) is 0 Å². The molecular weight excluding hydrogens is 757 g/mol. The molecule has 4 N–H and O–H groups in total. The molecule has 0 aromatic heterocycles. The van der Waals surface area contributed by atoms with Gasteiger partial charge in [-0.2, -0.15) is 0 Å². The first-order valence-electron chi connectivity index (χ1n) is 22.3. The number of carbonyl (C=O) groups excluding carboxylic acids is 2. The van der Waals surface area contributed by atoms with Crippen LogP contribution in [-0.4, -0.2) is 59.9 Å². The normalized spacial score (nSPS) is 14.3. The van der Waals surface area contributed by atoms with Crippen LogP contribution in [0.25, 0.3) is 0 Å². The van der Waals surface area contributed by atoms with Gasteiger partial charge >= 0.3 is 25.7 Å². The maximum atomic E-state index is 12.6. The number of carboxylic acids is 1. The quantitative estimate of drug-likeness (QED) is 0.0231. The summed E-state index contributed by atoms with van der Waals surface area (Å²) in [5, 5.41) is 8.89. The van der Waals surface area contributed by atoms with Gasteiger partial charge in [0, 0.05) is 12.8 Å². The molecule has 0 saturated carbocycles. The Morgan fingerprint density at radius 2 is 0.931 bits per heavy atom. The fourth-order valence-electron chi connectivity index (χ4n) is 5.68. The highest BCUT2D eigenvalue weighted by molar-refractivity contribution is 7.47. The first-order chi connectivity index (χ1) is 28.1. The zero-order valence-electron chi connectivity index (χ0n) is 36.1. The van der Waals surface area contributed by atoms with E-state index < -0.39 is 51.1 Å². The van der Waals surface area contributed by atoms with E-state index in [1.54, 1.807) is 0 Å². The molecule has 0 aliphatic rings. The molecular formula is C46H80NO10P. The summed E-state index contributed by atoms with van der Waals surface area (Å²) in [6.45, 7) is 2.71. The van der Waals surface area contributed by atoms with Crippen molar-refractivity contribution in [2.24, 2.45) is 5.73 Å². The predicted molar refractivity (Wildman–Crippen MR) is 235 cm³/mol. The number of phosphoric ester groups is 1. The summed E-state index contributed by atoms with van der Waals surface area (Å²) in [4.78, 5) is 46.0. The number of aliphatic carboxylic acids is 1. The monoisotopic (exact) mass is 838 g/mol. The second-order valence-electron chi connectivity index (χ2n) is 14.8. The first-order valence-corrected chi connectivity index (χ1v) is 23.8. The van der Waals surface area contributed by atoms with Crippen molar-refractivity contribution in [1.82, 2.24) is 0 Å². The minimum atomic E-state index is -4.73. The molecule has 3 atom stereocenters. The number of allylic oxidation sites excluding steroid dienone is 10. The number of hydrogen-bond acceptors (Lipinski definition) is 9. The number of carboxylic acid groups (broad SMARTS) is 1. The Balaban J connectivity index is 4.43. The second-order valence-corrected chi connectivity index (χ2v) is 16.3. The highest BCUT2D eigenvalue weighted by Gasteiger charge is 2.28. The summed E-state index contributed by atoms with van der Waals surface area (Å²) in [5.74, 6) is -2.43. The molecule has 0 aromatic rings. The van der Waals surface area contributed by atoms with Crippen molar-refractivity contribution in [2.45, 2.75) is 193 Å². The van der Waals surface area contributed by atoms with Crippen LogP contribution in [0, 0.1) is 0 Å². The maximum absolute atomic E-state index is 12.6. The van der Waals surface area contributed by atoms with E-state index in [0.29, 0.717) is 12.8 Å². The molecule has 0 radical (unpaired) electrons. The molecule has 12 heteroatoms. The molecule has 334 valence electrons. The van der Waals surface area contributed by atoms with Crippen molar-refractivity contribution in [2.75, 3.05) is 19.8 Å². The molecule has 0 aromatic carbocycles. The van der Waals surface area contributed by atoms with E-state index in [9.17, 15) is 23.8 Å². The van der Waals surface area contributed by atoms with Crippen LogP contribution in [0.1, 0.15) is 181 Å². The van der Waals surface area contributed by atoms with Gasteiger partial charge in [-0.1, -0.05) is 152 Å². The molecule has 58 heavy (non-hydrogen) atoms. The van der Waals surface area contributed by atoms with Gasteiger partial charge in [0.25, 0.3) is 0 Å². The van der Waals surface area contributed by atoms with E-state index >= 15 is 0 Å². The Morgan fingerprint density at radius 1 is 0.534 bits per heavy atom. The highest BCUT2D eigenvalue weighted by atomic mass is 31.2. The first kappa shape index (κ1) is 55.2. The van der Waals surface area contributed by atoms with Crippen molar-refractivity contribution in [3.63, 3.8) is 0 Å². The zero-order valence-corrected chi connectivity index (χ0v) is 37.0. The van der Waals surface area contributed by atoms with Crippen LogP contribution in [0.15, 0.2) is 60.8 Å². The topological polar surface area (TPSA) is 172 Å². The Hall–Kier alpha value is -2.82. The lowest BCUT2D eigenvalue weighted by Gasteiger charge is -2.20. The van der Waals surface area contributed by atoms with Gasteiger partial charge in [0.05, 0.1) is 13.2 Å². The predicted octanol–water partition coefficient (Wildman–Crippen LogP) is 12.0. The molecule has 0 bridgehead atoms. The summed E-state index contributed by atoms with van der Waals surface area (Å²) in [6.07, 6.45) is 47.1. The van der Waals surface area contributed by atoms with Gasteiger partial charge < -0.3 is 25.2 Å². The van der Waals surface area contributed by atoms with Crippen molar-refractivity contribution < 1.29 is 47.5 Å². The number of carbonyl (C=O) groups is 3. The third kappa shape index (κ3) is 40.0. The molecule has 0 rings (SSSR count). The summed E-state index contributed by atoms with van der Waals surface area (Å²) < 4.78 is 32.7. The third-order valence-electron chi connectivity index (χ3n) is 9.24. The van der Waals surface area contributed by atoms with Crippen molar-refractivity contribution in [3.8, 4) is 0 Å². The van der Waals surface area contributed by atoms with Gasteiger partial charge in [0.15, 0.2) is 6.10 Å². The lowest BCUT2D eigenvalue weighted by atomic mass is 10.1. The van der Waals surface area contributed by atoms with Crippen LogP contribution in [0.3, 0.4) is 0 Å². The molecule has 11 nitrogen and oxygen atoms in total. The lowest BCUT2D eigenvalue weighted by Crippen LogP contribution is -2.34. The largest absolute Gasteiger partial charge is 0.480 e. The number of ether oxygens (including phenoxy) is 2. The van der Waals surface area contributed by atoms with Crippen LogP contribution < -0.4 is 5.73 Å². The van der Waals surface area contributed by atoms with Gasteiger partial charge in [0.2, 0.25) is 0 Å². The number of hydrogen-bond donors (Lipinski definition) is 3. The van der Waals surface area contributed by atoms with Crippen molar-refractivity contribution in [1.29, 1.82) is 0 Å². The summed E-state index contributed by atoms with van der Waals surface area (Å²) in [5.41, 5.74) is 5.33. The smallest absolute Gasteiger partial charge is 0.472 e. The van der Waals surface area contributed by atoms with Crippen molar-refractivity contribution >= 4 is 25.7 Å². The molecule has 0 saturated heterocycles. The molecule has 0 spiro atoms. The highest BCUT2D eigenvalue weighted by Crippen LogP contribution is 2.43. The van der Waals surface area contributed by atoms with E-state index in [1.165, 1.54) is 83.5 Å². The minimum Gasteiger partial charge on any atom is -0.480 e. The van der Waals surface area contributed by atoms with E-state index in [1.807, 2.05) is 0 Å². The van der Waals surface area contributed by atoms with E-state index in [0.717, 1.165) is 57.8 Å². The number of esters is 2. The summed E-state index contributed by atoms with van der Waals surface area (Å²) in [7, 11) is -4.73. The minimum absolute atomic E-state index is 0.121. The number of unbranched alkanes of at least 4 members (excludes halogenated alkanes) is 17. The summed E-state index contributed by atoms with van der Waals surface area (Å²) in [6, 6.07) is -1.53. The average Bonchev–Trinajstić information content (AvgIpc) is 3.20. The van der Waals surface area contributed by atoms with Gasteiger partial charge in [-0.25, -0.2) is 4.57 Å². The number of phosphoric acid groups is 1. The third-order valence-corrected chi connectivity index (χ3v) is 10.2. The Morgan fingerprint density at radius 3 is 1.45 bits per heavy atom. The molecule has 1 unspecified atom stereocenters. The van der Waals surface area contributed by atoms with Crippen LogP contribution in [0.4, 0.5) is 0 Å². The van der Waals surface area contributed by atoms with Gasteiger partial charge in [0.1, 0.15) is 12.6 Å². The fraction of sp³-hybridized carbons (Fsp3) is 0.717. The molecule has 0 heterocycles. The Kier molecular flexibility index (Phi) is 38.9. The Labute approximate surface area is 351 Å². The number of nitrogens with two attached hydrogens (primary N) is 1. The van der Waals surface area contributed by atoms with Crippen LogP contribution in [-0.2, 0) is 37.5 Å². The average molecular weight is 838 g/mol. The van der Waals surface area contributed by atoms with E-state index in [4.69, 9.17) is 24.8 Å². The fourth-order valence-corrected chi connectivity index (χ4v) is 6.45. The SMILES string of the molecule is CCCC/C=C/CCCCCCCCCCCC(=O)OC[C@H](COP(=O)(O)OC[C@H](N)C(=O)O)OC(=O)CCCCC/C=C/C/C=C/C/C=C/C/C=C/CCCCC. The van der Waals surface area contributed by atoms with E-state index in [2.05, 4.69) is 79.1 Å². The Bertz CT molecular complexity index is 1210. The standard InChI is InChI=1S/C46H80NO10P/c1-3-5-7-9-11-13-15-17-19-20-21-22-24-26-28-30-32-34-36-38-45(49)57-42(40-55-58(52,53)56-41-43(47)46(50)51)39-54-44(48)37-35-33-31-29-27-25-23-18-16-14-12-10-8-6-4-2/h10-13,17,19,21-22,26,28,42-43H,3-9,14-16,18,20,23-25,27,29-41,47H2,1-2H3,(H,50,51)(H,52,53)/b12-10+,13-11+,19-17+,22-21+,28-26+/t42-,43+/m1/s1. The molecule has 0 aliphatic carbocycles. The lowest BCUT2D eigenvalue weighted by molar-refractivity contribution is -0.161. The van der Waals surface area contributed by atoms with Crippen molar-refractivity contribution in [3.05, 3.63) is 60.8 Å². The molecule has 0 amide bonds. The van der Waals surface area contributed by atoms with Crippen LogP contribution in [0.2, 0.25) is 0 Å². The van der Waals surface area contributed by atoms with Gasteiger partial charge in [-0.3, -0.25) is 23.4 Å². The summed E-state index contributed by atoms with van der Waals surface area (Å²) >= 11 is 0. The van der Waals surface area contributed by atoms with Gasteiger partial charge in [-0.05, 0) is 77.0 Å². The molecule has 0 fully saturated rings. The molecule has 0 aliphatic heterocycles.